The van der Waals surface area contributed by atoms with Crippen molar-refractivity contribution < 1.29 is 4.74 Å². The third-order valence-electron chi connectivity index (χ3n) is 6.69. The Morgan fingerprint density at radius 1 is 1.03 bits per heavy atom. The third kappa shape index (κ3) is 3.90. The number of fused-ring (bicyclic) bond motifs is 1. The van der Waals surface area contributed by atoms with Gasteiger partial charge in [0, 0.05) is 24.2 Å². The lowest BCUT2D eigenvalue weighted by atomic mass is 10.1. The van der Waals surface area contributed by atoms with E-state index in [0.29, 0.717) is 24.2 Å². The number of ether oxygens (including phenoxy) is 1. The number of aromatic nitrogens is 8. The first-order valence-corrected chi connectivity index (χ1v) is 12.3. The summed E-state index contributed by atoms with van der Waals surface area (Å²) in [5.74, 6) is 2.49. The molecule has 9 nitrogen and oxygen atoms in total. The number of methoxy groups -OCH3 is 1. The van der Waals surface area contributed by atoms with E-state index in [0.717, 1.165) is 70.0 Å². The summed E-state index contributed by atoms with van der Waals surface area (Å²) in [4.78, 5) is 23.3. The lowest BCUT2D eigenvalue weighted by Crippen LogP contribution is -2.06. The van der Waals surface area contributed by atoms with Crippen LogP contribution in [-0.2, 0) is 13.1 Å². The zero-order chi connectivity index (χ0) is 24.8. The maximum absolute atomic E-state index is 5.58. The molecule has 1 fully saturated rings. The van der Waals surface area contributed by atoms with Gasteiger partial charge in [0.2, 0.25) is 5.88 Å². The van der Waals surface area contributed by atoms with Gasteiger partial charge in [-0.05, 0) is 39.2 Å². The lowest BCUT2D eigenvalue weighted by Gasteiger charge is -2.12. The summed E-state index contributed by atoms with van der Waals surface area (Å²) < 4.78 is 9.68. The van der Waals surface area contributed by atoms with Crippen LogP contribution in [0.3, 0.4) is 0 Å². The van der Waals surface area contributed by atoms with Crippen LogP contribution in [0.1, 0.15) is 48.3 Å². The first-order chi connectivity index (χ1) is 17.6. The van der Waals surface area contributed by atoms with Crippen LogP contribution in [0, 0.1) is 13.8 Å². The maximum atomic E-state index is 5.58. The van der Waals surface area contributed by atoms with Gasteiger partial charge < -0.3 is 9.30 Å². The van der Waals surface area contributed by atoms with Crippen molar-refractivity contribution in [3.8, 4) is 28.7 Å². The molecule has 0 bridgehead atoms. The maximum Gasteiger partial charge on any atom is 0.227 e. The van der Waals surface area contributed by atoms with Crippen LogP contribution in [-0.4, -0.2) is 46.4 Å². The number of hydrogen-bond acceptors (Lipinski definition) is 7. The van der Waals surface area contributed by atoms with E-state index in [9.17, 15) is 0 Å². The van der Waals surface area contributed by atoms with Gasteiger partial charge in [-0.25, -0.2) is 29.6 Å². The van der Waals surface area contributed by atoms with Crippen LogP contribution >= 0.6 is 0 Å². The average Bonchev–Trinajstić information content (AvgIpc) is 3.56. The Bertz CT molecular complexity index is 1560. The molecule has 0 aliphatic heterocycles. The molecule has 0 N–H and O–H groups in total. The fraction of sp³-hybridized carbons (Fsp3) is 0.333. The van der Waals surface area contributed by atoms with Crippen molar-refractivity contribution in [3.05, 3.63) is 65.6 Å². The van der Waals surface area contributed by atoms with Gasteiger partial charge in [0.15, 0.2) is 11.5 Å². The highest BCUT2D eigenvalue weighted by Crippen LogP contribution is 2.45. The van der Waals surface area contributed by atoms with E-state index in [-0.39, 0.29) is 0 Å². The summed E-state index contributed by atoms with van der Waals surface area (Å²) in [5.41, 5.74) is 6.65. The number of nitrogens with zero attached hydrogens (tertiary/aromatic N) is 8. The van der Waals surface area contributed by atoms with E-state index in [1.54, 1.807) is 13.4 Å². The Labute approximate surface area is 209 Å². The zero-order valence-electron chi connectivity index (χ0n) is 20.9. The van der Waals surface area contributed by atoms with Crippen LogP contribution in [0.5, 0.6) is 5.88 Å². The molecule has 1 aliphatic rings. The molecule has 1 aromatic carbocycles. The molecule has 4 aromatic heterocycles. The highest BCUT2D eigenvalue weighted by molar-refractivity contribution is 5.80. The fourth-order valence-corrected chi connectivity index (χ4v) is 4.69. The summed E-state index contributed by atoms with van der Waals surface area (Å²) in [7, 11) is 1.62. The number of rotatable bonds is 7. The van der Waals surface area contributed by atoms with Crippen LogP contribution < -0.4 is 4.74 Å². The van der Waals surface area contributed by atoms with E-state index >= 15 is 0 Å². The van der Waals surface area contributed by atoms with Gasteiger partial charge in [-0.15, -0.1) is 0 Å². The first kappa shape index (κ1) is 22.3. The summed E-state index contributed by atoms with van der Waals surface area (Å²) in [6.45, 7) is 7.62. The van der Waals surface area contributed by atoms with Crippen molar-refractivity contribution in [2.45, 2.75) is 52.6 Å². The van der Waals surface area contributed by atoms with Crippen LogP contribution in [0.4, 0.5) is 0 Å². The average molecular weight is 481 g/mol. The van der Waals surface area contributed by atoms with Crippen molar-refractivity contribution in [1.82, 2.24) is 39.3 Å². The second kappa shape index (κ2) is 8.82. The Morgan fingerprint density at radius 2 is 1.83 bits per heavy atom. The third-order valence-corrected chi connectivity index (χ3v) is 6.69. The molecule has 1 aliphatic carbocycles. The van der Waals surface area contributed by atoms with Crippen molar-refractivity contribution in [1.29, 1.82) is 0 Å². The molecule has 4 heterocycles. The van der Waals surface area contributed by atoms with Crippen LogP contribution in [0.25, 0.3) is 33.8 Å². The molecule has 5 aromatic rings. The van der Waals surface area contributed by atoms with E-state index in [1.165, 1.54) is 0 Å². The van der Waals surface area contributed by atoms with Gasteiger partial charge in [0.25, 0.3) is 0 Å². The smallest absolute Gasteiger partial charge is 0.227 e. The van der Waals surface area contributed by atoms with Crippen LogP contribution in [0.2, 0.25) is 0 Å². The molecule has 0 amide bonds. The topological polar surface area (TPSA) is 96.4 Å². The number of hydrogen-bond donors (Lipinski definition) is 0. The lowest BCUT2D eigenvalue weighted by molar-refractivity contribution is 0.397. The van der Waals surface area contributed by atoms with Crippen molar-refractivity contribution in [2.24, 2.45) is 0 Å². The Morgan fingerprint density at radius 3 is 2.56 bits per heavy atom. The number of aryl methyl sites for hydroxylation is 3. The minimum atomic E-state index is 0.409. The molecular weight excluding hydrogens is 452 g/mol. The Hall–Kier alpha value is -4.14. The predicted octanol–water partition coefficient (Wildman–Crippen LogP) is 4.72. The molecule has 36 heavy (non-hydrogen) atoms. The molecule has 0 saturated heterocycles. The molecule has 1 saturated carbocycles. The summed E-state index contributed by atoms with van der Waals surface area (Å²) in [6, 6.07) is 8.49. The van der Waals surface area contributed by atoms with Gasteiger partial charge in [0.05, 0.1) is 42.3 Å². The first-order valence-electron chi connectivity index (χ1n) is 12.3. The minimum Gasteiger partial charge on any atom is -0.480 e. The highest BCUT2D eigenvalue weighted by Gasteiger charge is 2.31. The zero-order valence-corrected chi connectivity index (χ0v) is 20.9. The minimum absolute atomic E-state index is 0.409. The van der Waals surface area contributed by atoms with Crippen molar-refractivity contribution >= 4 is 11.0 Å². The second-order valence-corrected chi connectivity index (χ2v) is 9.28. The number of benzene rings is 1. The van der Waals surface area contributed by atoms with E-state index in [4.69, 9.17) is 19.7 Å². The van der Waals surface area contributed by atoms with E-state index < -0.39 is 0 Å². The molecular formula is C27H28N8O. The SMILES string of the molecule is CCn1cc(C)nc1-c1ccc(Cn2ncc3c(C)nc(-c4c(OC)ncnc4C4CC4)nc32)cc1. The number of imidazole rings is 1. The second-order valence-electron chi connectivity index (χ2n) is 9.28. The summed E-state index contributed by atoms with van der Waals surface area (Å²) >= 11 is 0. The van der Waals surface area contributed by atoms with Gasteiger partial charge in [-0.2, -0.15) is 5.10 Å². The summed E-state index contributed by atoms with van der Waals surface area (Å²) in [5, 5.41) is 5.58. The summed E-state index contributed by atoms with van der Waals surface area (Å²) in [6.07, 6.45) is 7.70. The predicted molar refractivity (Wildman–Crippen MR) is 137 cm³/mol. The quantitative estimate of drug-likeness (QED) is 0.333. The van der Waals surface area contributed by atoms with Crippen molar-refractivity contribution in [2.75, 3.05) is 7.11 Å². The highest BCUT2D eigenvalue weighted by atomic mass is 16.5. The Kier molecular flexibility index (Phi) is 5.47. The molecule has 6 rings (SSSR count). The molecule has 9 heteroatoms. The molecule has 0 unspecified atom stereocenters. The largest absolute Gasteiger partial charge is 0.480 e. The fourth-order valence-electron chi connectivity index (χ4n) is 4.69. The molecule has 0 radical (unpaired) electrons. The van der Waals surface area contributed by atoms with E-state index in [2.05, 4.69) is 57.0 Å². The molecule has 0 spiro atoms. The van der Waals surface area contributed by atoms with Crippen molar-refractivity contribution in [3.63, 3.8) is 0 Å². The van der Waals surface area contributed by atoms with Gasteiger partial charge in [-0.1, -0.05) is 24.3 Å². The van der Waals surface area contributed by atoms with E-state index in [1.807, 2.05) is 24.7 Å². The Balaban J connectivity index is 1.37. The monoisotopic (exact) mass is 480 g/mol. The normalized spacial score (nSPS) is 13.4. The van der Waals surface area contributed by atoms with Gasteiger partial charge in [0.1, 0.15) is 17.7 Å². The van der Waals surface area contributed by atoms with Gasteiger partial charge >= 0.3 is 0 Å². The van der Waals surface area contributed by atoms with Gasteiger partial charge in [-0.3, -0.25) is 0 Å². The molecule has 182 valence electrons. The molecule has 0 atom stereocenters. The van der Waals surface area contributed by atoms with Crippen LogP contribution in [0.15, 0.2) is 43.0 Å². The standard InChI is InChI=1S/C27H28N8O/c1-5-34-13-16(2)31-25(34)20-8-6-18(7-9-20)14-35-26-21(12-30-35)17(3)32-24(33-26)22-23(19-10-11-19)28-15-29-27(22)36-4/h6-9,12-13,15,19H,5,10-11,14H2,1-4H3.